The average Bonchev–Trinajstić information content (AvgIpc) is 3.42. The predicted molar refractivity (Wildman–Crippen MR) is 224 cm³/mol. The minimum atomic E-state index is -4.72. The molecule has 0 spiro atoms. The number of aliphatic hydroxyl groups excluding tert-OH is 3. The summed E-state index contributed by atoms with van der Waals surface area (Å²) in [7, 11) is 0.955. The Labute approximate surface area is 344 Å². The summed E-state index contributed by atoms with van der Waals surface area (Å²) >= 11 is 0. The molecule has 0 aromatic rings. The van der Waals surface area contributed by atoms with E-state index in [1.807, 2.05) is 21.1 Å². The lowest BCUT2D eigenvalue weighted by Gasteiger charge is -2.28. The van der Waals surface area contributed by atoms with E-state index in [-0.39, 0.29) is 44.3 Å². The molecule has 330 valence electrons. The molecule has 0 amide bonds. The van der Waals surface area contributed by atoms with Gasteiger partial charge in [0.2, 0.25) is 0 Å². The van der Waals surface area contributed by atoms with Crippen LogP contribution in [0.1, 0.15) is 136 Å². The van der Waals surface area contributed by atoms with Crippen LogP contribution < -0.4 is 4.89 Å². The lowest BCUT2D eigenvalue weighted by Crippen LogP contribution is -2.37. The molecule has 3 N–H and O–H groups in total. The molecule has 7 atom stereocenters. The number of hydrogen-bond acceptors (Lipinski definition) is 11. The number of unbranched alkanes of at least 4 members (excludes halogenated alkanes) is 10. The number of rotatable bonds is 34. The number of phosphoric acid groups is 1. The van der Waals surface area contributed by atoms with E-state index in [4.69, 9.17) is 18.5 Å². The minimum Gasteiger partial charge on any atom is -0.756 e. The number of carbonyl (C=O) groups is 2. The Bertz CT molecular complexity index is 1230. The Morgan fingerprint density at radius 2 is 1.46 bits per heavy atom. The van der Waals surface area contributed by atoms with Crippen molar-refractivity contribution in [2.45, 2.75) is 160 Å². The zero-order valence-electron chi connectivity index (χ0n) is 35.8. The summed E-state index contributed by atoms with van der Waals surface area (Å²) in [4.78, 5) is 37.8. The van der Waals surface area contributed by atoms with E-state index in [2.05, 4.69) is 38.2 Å². The van der Waals surface area contributed by atoms with Crippen LogP contribution in [0.2, 0.25) is 0 Å². The molecule has 0 saturated heterocycles. The number of esters is 2. The van der Waals surface area contributed by atoms with E-state index in [0.717, 1.165) is 64.2 Å². The maximum atomic E-state index is 12.8. The van der Waals surface area contributed by atoms with Crippen molar-refractivity contribution >= 4 is 19.8 Å². The molecular formula is C44H78NO11P. The number of carbonyl (C=O) groups excluding carboxylic acids is 2. The summed E-state index contributed by atoms with van der Waals surface area (Å²) in [6, 6.07) is 0. The summed E-state index contributed by atoms with van der Waals surface area (Å²) in [6.45, 7) is 3.68. The zero-order valence-corrected chi connectivity index (χ0v) is 36.7. The maximum Gasteiger partial charge on any atom is 0.310 e. The van der Waals surface area contributed by atoms with Gasteiger partial charge in [-0.2, -0.15) is 0 Å². The molecule has 1 aliphatic carbocycles. The zero-order chi connectivity index (χ0) is 42.4. The van der Waals surface area contributed by atoms with Crippen molar-refractivity contribution in [1.82, 2.24) is 0 Å². The molecule has 13 heteroatoms. The summed E-state index contributed by atoms with van der Waals surface area (Å²) in [6.07, 6.45) is 28.4. The molecule has 1 unspecified atom stereocenters. The van der Waals surface area contributed by atoms with Gasteiger partial charge in [0.25, 0.3) is 7.82 Å². The van der Waals surface area contributed by atoms with Gasteiger partial charge in [0.1, 0.15) is 19.8 Å². The van der Waals surface area contributed by atoms with Crippen LogP contribution in [0.3, 0.4) is 0 Å². The average molecular weight is 828 g/mol. The van der Waals surface area contributed by atoms with Gasteiger partial charge in [-0.15, -0.1) is 0 Å². The molecule has 0 aromatic carbocycles. The van der Waals surface area contributed by atoms with Gasteiger partial charge in [0.15, 0.2) is 6.10 Å². The van der Waals surface area contributed by atoms with E-state index in [0.29, 0.717) is 30.3 Å². The normalized spacial score (nSPS) is 21.2. The molecule has 1 saturated carbocycles. The van der Waals surface area contributed by atoms with Crippen molar-refractivity contribution in [3.63, 3.8) is 0 Å². The van der Waals surface area contributed by atoms with Crippen LogP contribution >= 0.6 is 7.82 Å². The quantitative estimate of drug-likeness (QED) is 0.0191. The fourth-order valence-corrected chi connectivity index (χ4v) is 7.15. The summed E-state index contributed by atoms with van der Waals surface area (Å²) in [5.41, 5.74) is 0. The number of likely N-dealkylation sites (N-methyl/N-ethyl adjacent to an activating group) is 1. The standard InChI is InChI=1S/C44H78NO11P/c1-6-8-10-11-12-13-14-15-16-17-18-19-20-21-23-28-43(49)53-35-38(36-55-57(51,52)54-33-32-45(3,4)5)56-44(50)29-25-24-27-39-40(42(48)34-41(39)47)31-30-37(46)26-22-9-7-2/h12-13,15-16,24-25,30-31,37-42,46-48H,6-11,14,17-23,26-29,32-36H2,1-5H3/b13-12-,16-15-,25-24-,31-30+/t37-,38-,39+,40-,41+,42-/m1/s1. The Kier molecular flexibility index (Phi) is 29.4. The molecule has 1 fully saturated rings. The Hall–Kier alpha value is -2.15. The molecule has 12 nitrogen and oxygen atoms in total. The first kappa shape index (κ1) is 52.9. The van der Waals surface area contributed by atoms with Crippen molar-refractivity contribution < 1.29 is 57.4 Å². The monoisotopic (exact) mass is 828 g/mol. The second kappa shape index (κ2) is 31.7. The first-order valence-electron chi connectivity index (χ1n) is 21.6. The Morgan fingerprint density at radius 1 is 0.807 bits per heavy atom. The number of quaternary nitrogens is 1. The second-order valence-electron chi connectivity index (χ2n) is 16.3. The van der Waals surface area contributed by atoms with Gasteiger partial charge in [-0.05, 0) is 57.3 Å². The fourth-order valence-electron chi connectivity index (χ4n) is 6.42. The molecule has 0 bridgehead atoms. The fraction of sp³-hybridized carbons (Fsp3) is 0.773. The number of nitrogens with zero attached hydrogens (tertiary/aromatic N) is 1. The SMILES string of the molecule is CCCCC/C=C\C/C=C\CCCCCCCC(=O)OC[C@H](COP(=O)([O-])OCC[N+](C)(C)C)OC(=O)C/C=C\C[C@H]1[C@@H](/C=C/[C@H](O)CCCCC)[C@H](O)C[C@@H]1O. The van der Waals surface area contributed by atoms with Crippen molar-refractivity contribution in [1.29, 1.82) is 0 Å². The molecule has 0 heterocycles. The van der Waals surface area contributed by atoms with E-state index in [1.165, 1.54) is 19.3 Å². The van der Waals surface area contributed by atoms with Crippen molar-refractivity contribution in [2.75, 3.05) is 47.5 Å². The first-order chi connectivity index (χ1) is 27.2. The number of hydrogen-bond donors (Lipinski definition) is 3. The Balaban J connectivity index is 2.59. The highest BCUT2D eigenvalue weighted by atomic mass is 31.2. The second-order valence-corrected chi connectivity index (χ2v) is 17.7. The van der Waals surface area contributed by atoms with Gasteiger partial charge >= 0.3 is 11.9 Å². The van der Waals surface area contributed by atoms with Gasteiger partial charge < -0.3 is 43.2 Å². The van der Waals surface area contributed by atoms with Crippen LogP contribution in [0, 0.1) is 11.8 Å². The summed E-state index contributed by atoms with van der Waals surface area (Å²) in [5, 5.41) is 31.4. The molecule has 1 rings (SSSR count). The highest BCUT2D eigenvalue weighted by molar-refractivity contribution is 7.45. The van der Waals surface area contributed by atoms with Gasteiger partial charge in [-0.25, -0.2) is 0 Å². The van der Waals surface area contributed by atoms with E-state index in [1.54, 1.807) is 24.3 Å². The highest BCUT2D eigenvalue weighted by Gasteiger charge is 2.39. The van der Waals surface area contributed by atoms with E-state index < -0.39 is 50.8 Å². The van der Waals surface area contributed by atoms with Gasteiger partial charge in [-0.1, -0.05) is 114 Å². The van der Waals surface area contributed by atoms with Crippen LogP contribution in [0.15, 0.2) is 48.6 Å². The minimum absolute atomic E-state index is 0.0923. The number of allylic oxidation sites excluding steroid dienone is 5. The van der Waals surface area contributed by atoms with Crippen LogP contribution in [-0.4, -0.2) is 104 Å². The van der Waals surface area contributed by atoms with E-state index in [9.17, 15) is 34.4 Å². The third kappa shape index (κ3) is 28.8. The topological polar surface area (TPSA) is 172 Å². The van der Waals surface area contributed by atoms with Crippen molar-refractivity contribution in [2.24, 2.45) is 11.8 Å². The number of ether oxygens (including phenoxy) is 2. The third-order valence-electron chi connectivity index (χ3n) is 9.92. The smallest absolute Gasteiger partial charge is 0.310 e. The summed E-state index contributed by atoms with van der Waals surface area (Å²) in [5.74, 6) is -1.80. The van der Waals surface area contributed by atoms with Crippen LogP contribution in [-0.2, 0) is 32.7 Å². The lowest BCUT2D eigenvalue weighted by atomic mass is 9.89. The lowest BCUT2D eigenvalue weighted by molar-refractivity contribution is -0.870. The number of phosphoric ester groups is 1. The molecule has 0 radical (unpaired) electrons. The highest BCUT2D eigenvalue weighted by Crippen LogP contribution is 2.38. The first-order valence-corrected chi connectivity index (χ1v) is 23.1. The van der Waals surface area contributed by atoms with Gasteiger partial charge in [-0.3, -0.25) is 14.2 Å². The van der Waals surface area contributed by atoms with Crippen LogP contribution in [0.5, 0.6) is 0 Å². The molecule has 0 aliphatic heterocycles. The Morgan fingerprint density at radius 3 is 2.14 bits per heavy atom. The molecular weight excluding hydrogens is 749 g/mol. The molecule has 57 heavy (non-hydrogen) atoms. The molecule has 0 aromatic heterocycles. The van der Waals surface area contributed by atoms with Crippen LogP contribution in [0.25, 0.3) is 0 Å². The van der Waals surface area contributed by atoms with Gasteiger partial charge in [0, 0.05) is 18.8 Å². The van der Waals surface area contributed by atoms with Crippen LogP contribution in [0.4, 0.5) is 0 Å². The largest absolute Gasteiger partial charge is 0.756 e. The number of aliphatic hydroxyl groups is 3. The predicted octanol–water partition coefficient (Wildman–Crippen LogP) is 7.65. The maximum absolute atomic E-state index is 12.8. The van der Waals surface area contributed by atoms with Gasteiger partial charge in [0.05, 0.1) is 52.5 Å². The van der Waals surface area contributed by atoms with E-state index >= 15 is 0 Å². The van der Waals surface area contributed by atoms with Crippen molar-refractivity contribution in [3.8, 4) is 0 Å². The molecule has 1 aliphatic rings. The third-order valence-corrected chi connectivity index (χ3v) is 10.9. The summed E-state index contributed by atoms with van der Waals surface area (Å²) < 4.78 is 33.7. The van der Waals surface area contributed by atoms with Crippen molar-refractivity contribution in [3.05, 3.63) is 48.6 Å².